The van der Waals surface area contributed by atoms with Crippen molar-refractivity contribution in [2.24, 2.45) is 0 Å². The number of nitrogen functional groups attached to an aromatic ring is 1. The molecule has 0 saturated carbocycles. The van der Waals surface area contributed by atoms with Gasteiger partial charge in [-0.1, -0.05) is 18.2 Å². The van der Waals surface area contributed by atoms with Crippen LogP contribution in [0.1, 0.15) is 5.56 Å². The number of hydrogen-bond acceptors (Lipinski definition) is 7. The normalized spacial score (nSPS) is 10.3. The molecule has 2 rings (SSSR count). The zero-order valence-corrected chi connectivity index (χ0v) is 12.7. The van der Waals surface area contributed by atoms with Crippen LogP contribution in [0.15, 0.2) is 30.6 Å². The van der Waals surface area contributed by atoms with Crippen LogP contribution in [0, 0.1) is 0 Å². The van der Waals surface area contributed by atoms with Crippen LogP contribution in [0.25, 0.3) is 0 Å². The quantitative estimate of drug-likeness (QED) is 0.717. The molecule has 0 aliphatic carbocycles. The molecule has 0 bridgehead atoms. The van der Waals surface area contributed by atoms with Crippen molar-refractivity contribution in [2.45, 2.75) is 6.54 Å². The number of rotatable bonds is 8. The third-order valence-electron chi connectivity index (χ3n) is 3.01. The molecule has 0 saturated heterocycles. The van der Waals surface area contributed by atoms with Crippen molar-refractivity contribution in [3.05, 3.63) is 36.2 Å². The molecule has 3 N–H and O–H groups in total. The Hall–Kier alpha value is -2.54. The fourth-order valence-corrected chi connectivity index (χ4v) is 1.88. The Balaban J connectivity index is 2.05. The molecule has 0 radical (unpaired) electrons. The van der Waals surface area contributed by atoms with Crippen molar-refractivity contribution in [3.8, 4) is 11.6 Å². The summed E-state index contributed by atoms with van der Waals surface area (Å²) in [5, 5.41) is 3.17. The number of nitrogens with two attached hydrogens (primary N) is 1. The molecule has 22 heavy (non-hydrogen) atoms. The molecule has 1 aromatic heterocycles. The Kier molecular flexibility index (Phi) is 5.79. The first-order valence-electron chi connectivity index (χ1n) is 6.84. The number of para-hydroxylation sites is 1. The van der Waals surface area contributed by atoms with Gasteiger partial charge in [0.25, 0.3) is 0 Å². The van der Waals surface area contributed by atoms with Gasteiger partial charge in [0.2, 0.25) is 5.88 Å². The summed E-state index contributed by atoms with van der Waals surface area (Å²) in [7, 11) is 3.24. The van der Waals surface area contributed by atoms with E-state index < -0.39 is 0 Å². The molecular formula is C15H20N4O3. The molecule has 7 heteroatoms. The number of hydrogen-bond donors (Lipinski definition) is 2. The fraction of sp³-hybridized carbons (Fsp3) is 0.333. The van der Waals surface area contributed by atoms with Gasteiger partial charge in [-0.15, -0.1) is 0 Å². The molecule has 7 nitrogen and oxygen atoms in total. The van der Waals surface area contributed by atoms with E-state index in [-0.39, 0.29) is 0 Å². The molecule has 0 amide bonds. The maximum Gasteiger partial charge on any atom is 0.242 e. The van der Waals surface area contributed by atoms with E-state index in [2.05, 4.69) is 15.3 Å². The van der Waals surface area contributed by atoms with Crippen molar-refractivity contribution < 1.29 is 14.2 Å². The Bertz CT molecular complexity index is 607. The Labute approximate surface area is 129 Å². The summed E-state index contributed by atoms with van der Waals surface area (Å²) < 4.78 is 15.7. The lowest BCUT2D eigenvalue weighted by molar-refractivity contribution is 0.144. The van der Waals surface area contributed by atoms with Gasteiger partial charge >= 0.3 is 0 Å². The van der Waals surface area contributed by atoms with Crippen molar-refractivity contribution >= 4 is 11.5 Å². The van der Waals surface area contributed by atoms with Gasteiger partial charge in [-0.25, -0.2) is 4.98 Å². The molecule has 0 atom stereocenters. The summed E-state index contributed by atoms with van der Waals surface area (Å²) in [6.07, 6.45) is 1.41. The number of nitrogens with one attached hydrogen (secondary N) is 1. The monoisotopic (exact) mass is 304 g/mol. The second-order valence-corrected chi connectivity index (χ2v) is 4.45. The van der Waals surface area contributed by atoms with Crippen LogP contribution in [-0.2, 0) is 11.3 Å². The lowest BCUT2D eigenvalue weighted by Crippen LogP contribution is -2.11. The van der Waals surface area contributed by atoms with E-state index in [0.29, 0.717) is 37.1 Å². The van der Waals surface area contributed by atoms with Crippen molar-refractivity contribution in [2.75, 3.05) is 38.5 Å². The highest BCUT2D eigenvalue weighted by molar-refractivity contribution is 5.66. The smallest absolute Gasteiger partial charge is 0.242 e. The van der Waals surface area contributed by atoms with E-state index in [0.717, 1.165) is 11.3 Å². The highest BCUT2D eigenvalue weighted by atomic mass is 16.5. The standard InChI is InChI=1S/C15H20N4O3/c1-20-7-8-22-15-13(16)14(18-10-19-15)17-9-11-5-3-4-6-12(11)21-2/h3-6,10H,7-9,16H2,1-2H3,(H,17,18,19). The van der Waals surface area contributed by atoms with Gasteiger partial charge in [0, 0.05) is 19.2 Å². The van der Waals surface area contributed by atoms with E-state index in [9.17, 15) is 0 Å². The number of ether oxygens (including phenoxy) is 3. The number of benzene rings is 1. The van der Waals surface area contributed by atoms with Crippen LogP contribution in [0.4, 0.5) is 11.5 Å². The third-order valence-corrected chi connectivity index (χ3v) is 3.01. The summed E-state index contributed by atoms with van der Waals surface area (Å²) in [6.45, 7) is 1.37. The van der Waals surface area contributed by atoms with Crippen LogP contribution >= 0.6 is 0 Å². The summed E-state index contributed by atoms with van der Waals surface area (Å²) in [4.78, 5) is 8.16. The van der Waals surface area contributed by atoms with Crippen LogP contribution in [0.2, 0.25) is 0 Å². The maximum atomic E-state index is 6.02. The molecule has 1 heterocycles. The first-order chi connectivity index (χ1) is 10.8. The van der Waals surface area contributed by atoms with E-state index >= 15 is 0 Å². The summed E-state index contributed by atoms with van der Waals surface area (Å²) >= 11 is 0. The van der Waals surface area contributed by atoms with Crippen molar-refractivity contribution in [1.82, 2.24) is 9.97 Å². The van der Waals surface area contributed by atoms with Crippen LogP contribution < -0.4 is 20.5 Å². The average molecular weight is 304 g/mol. The molecule has 0 unspecified atom stereocenters. The zero-order chi connectivity index (χ0) is 15.8. The van der Waals surface area contributed by atoms with Crippen LogP contribution in [0.3, 0.4) is 0 Å². The van der Waals surface area contributed by atoms with Gasteiger partial charge in [0.05, 0.1) is 13.7 Å². The summed E-state index contributed by atoms with van der Waals surface area (Å²) in [5.74, 6) is 1.67. The van der Waals surface area contributed by atoms with E-state index in [1.165, 1.54) is 6.33 Å². The second kappa shape index (κ2) is 8.04. The average Bonchev–Trinajstić information content (AvgIpc) is 2.56. The first-order valence-corrected chi connectivity index (χ1v) is 6.84. The second-order valence-electron chi connectivity index (χ2n) is 4.45. The SMILES string of the molecule is COCCOc1ncnc(NCc2ccccc2OC)c1N. The van der Waals surface area contributed by atoms with Gasteiger partial charge in [-0.3, -0.25) is 0 Å². The molecule has 0 spiro atoms. The number of aromatic nitrogens is 2. The van der Waals surface area contributed by atoms with Crippen LogP contribution in [-0.4, -0.2) is 37.4 Å². The molecule has 1 aromatic carbocycles. The van der Waals surface area contributed by atoms with Gasteiger partial charge in [0.1, 0.15) is 24.4 Å². The number of nitrogens with zero attached hydrogens (tertiary/aromatic N) is 2. The van der Waals surface area contributed by atoms with Gasteiger partial charge in [-0.05, 0) is 6.07 Å². The van der Waals surface area contributed by atoms with Crippen molar-refractivity contribution in [3.63, 3.8) is 0 Å². The topological polar surface area (TPSA) is 91.5 Å². The zero-order valence-electron chi connectivity index (χ0n) is 12.7. The Morgan fingerprint density at radius 2 is 1.95 bits per heavy atom. The fourth-order valence-electron chi connectivity index (χ4n) is 1.88. The maximum absolute atomic E-state index is 6.02. The molecule has 0 aliphatic rings. The van der Waals surface area contributed by atoms with E-state index in [1.54, 1.807) is 14.2 Å². The highest BCUT2D eigenvalue weighted by Gasteiger charge is 2.10. The van der Waals surface area contributed by atoms with E-state index in [4.69, 9.17) is 19.9 Å². The Morgan fingerprint density at radius 3 is 2.73 bits per heavy atom. The molecular weight excluding hydrogens is 284 g/mol. The number of anilines is 2. The molecule has 2 aromatic rings. The first kappa shape index (κ1) is 15.8. The molecule has 0 aliphatic heterocycles. The predicted octanol–water partition coefficient (Wildman–Crippen LogP) is 1.70. The van der Waals surface area contributed by atoms with Gasteiger partial charge < -0.3 is 25.3 Å². The summed E-state index contributed by atoms with van der Waals surface area (Å²) in [5.41, 5.74) is 7.39. The largest absolute Gasteiger partial charge is 0.496 e. The highest BCUT2D eigenvalue weighted by Crippen LogP contribution is 2.26. The van der Waals surface area contributed by atoms with E-state index in [1.807, 2.05) is 24.3 Å². The third kappa shape index (κ3) is 3.98. The summed E-state index contributed by atoms with van der Waals surface area (Å²) in [6, 6.07) is 7.74. The predicted molar refractivity (Wildman–Crippen MR) is 84.1 cm³/mol. The minimum absolute atomic E-state index is 0.342. The Morgan fingerprint density at radius 1 is 1.14 bits per heavy atom. The minimum atomic E-state index is 0.342. The van der Waals surface area contributed by atoms with Crippen molar-refractivity contribution in [1.29, 1.82) is 0 Å². The lowest BCUT2D eigenvalue weighted by atomic mass is 10.2. The molecule has 0 fully saturated rings. The minimum Gasteiger partial charge on any atom is -0.496 e. The molecule has 118 valence electrons. The van der Waals surface area contributed by atoms with Gasteiger partial charge in [-0.2, -0.15) is 4.98 Å². The lowest BCUT2D eigenvalue weighted by Gasteiger charge is -2.13. The number of methoxy groups -OCH3 is 2. The van der Waals surface area contributed by atoms with Crippen LogP contribution in [0.5, 0.6) is 11.6 Å². The van der Waals surface area contributed by atoms with Gasteiger partial charge in [0.15, 0.2) is 5.82 Å².